The number of phenols is 1. The number of sulfonamides is 2. The first-order valence-electron chi connectivity index (χ1n) is 8.03. The second kappa shape index (κ2) is 8.05. The van der Waals surface area contributed by atoms with Crippen LogP contribution >= 0.6 is 0 Å². The van der Waals surface area contributed by atoms with Crippen LogP contribution < -0.4 is 14.2 Å². The summed E-state index contributed by atoms with van der Waals surface area (Å²) in [4.78, 5) is -0.214. The topological polar surface area (TPSA) is 122 Å². The molecule has 0 aliphatic rings. The highest BCUT2D eigenvalue weighted by molar-refractivity contribution is 7.93. The van der Waals surface area contributed by atoms with Crippen LogP contribution in [0.2, 0.25) is 0 Å². The van der Waals surface area contributed by atoms with Gasteiger partial charge in [-0.2, -0.15) is 0 Å². The third-order valence-corrected chi connectivity index (χ3v) is 6.45. The molecule has 2 aromatic rings. The molecule has 2 rings (SSSR count). The fourth-order valence-corrected chi connectivity index (χ4v) is 4.90. The van der Waals surface area contributed by atoms with Gasteiger partial charge >= 0.3 is 0 Å². The van der Waals surface area contributed by atoms with E-state index in [1.165, 1.54) is 19.2 Å². The number of hydrogen-bond donors (Lipinski definition) is 3. The standard InChI is InChI=1S/C17H22N2O6S2/c1-12(2)11-26(21,22)18-15-10-13(8-9-16(15)20)27(23,24)19-14-6-4-5-7-17(14)25-3/h4-10,12,18-20H,11H2,1-3H3. The number of benzene rings is 2. The molecular formula is C17H22N2O6S2. The molecule has 0 radical (unpaired) electrons. The molecule has 0 spiro atoms. The third-order valence-electron chi connectivity index (χ3n) is 3.45. The minimum absolute atomic E-state index is 0.135. The van der Waals surface area contributed by atoms with Crippen LogP contribution in [0, 0.1) is 5.92 Å². The summed E-state index contributed by atoms with van der Waals surface area (Å²) in [7, 11) is -6.36. The van der Waals surface area contributed by atoms with E-state index < -0.39 is 20.0 Å². The van der Waals surface area contributed by atoms with Crippen LogP contribution in [0.25, 0.3) is 0 Å². The van der Waals surface area contributed by atoms with E-state index in [-0.39, 0.29) is 33.7 Å². The highest BCUT2D eigenvalue weighted by atomic mass is 32.2. The second-order valence-electron chi connectivity index (χ2n) is 6.26. The van der Waals surface area contributed by atoms with E-state index in [2.05, 4.69) is 9.44 Å². The SMILES string of the molecule is COc1ccccc1NS(=O)(=O)c1ccc(O)c(NS(=O)(=O)CC(C)C)c1. The van der Waals surface area contributed by atoms with Gasteiger partial charge in [-0.1, -0.05) is 26.0 Å². The quantitative estimate of drug-likeness (QED) is 0.571. The molecule has 0 amide bonds. The van der Waals surface area contributed by atoms with E-state index >= 15 is 0 Å². The molecule has 0 aliphatic heterocycles. The molecule has 0 aromatic heterocycles. The van der Waals surface area contributed by atoms with Gasteiger partial charge in [0.05, 0.1) is 29.1 Å². The Morgan fingerprint density at radius 2 is 1.67 bits per heavy atom. The molecule has 0 fully saturated rings. The Morgan fingerprint density at radius 3 is 2.30 bits per heavy atom. The molecule has 0 saturated heterocycles. The van der Waals surface area contributed by atoms with Crippen LogP contribution in [-0.4, -0.2) is 34.8 Å². The van der Waals surface area contributed by atoms with Gasteiger partial charge < -0.3 is 9.84 Å². The summed E-state index contributed by atoms with van der Waals surface area (Å²) < 4.78 is 59.2. The Kier molecular flexibility index (Phi) is 6.22. The average Bonchev–Trinajstić information content (AvgIpc) is 2.55. The van der Waals surface area contributed by atoms with Crippen molar-refractivity contribution in [2.45, 2.75) is 18.7 Å². The van der Waals surface area contributed by atoms with Gasteiger partial charge in [0, 0.05) is 0 Å². The monoisotopic (exact) mass is 414 g/mol. The van der Waals surface area contributed by atoms with E-state index in [1.54, 1.807) is 32.0 Å². The highest BCUT2D eigenvalue weighted by Crippen LogP contribution is 2.30. The highest BCUT2D eigenvalue weighted by Gasteiger charge is 2.20. The van der Waals surface area contributed by atoms with E-state index in [0.717, 1.165) is 12.1 Å². The average molecular weight is 415 g/mol. The largest absolute Gasteiger partial charge is 0.506 e. The van der Waals surface area contributed by atoms with Gasteiger partial charge in [0.15, 0.2) is 0 Å². The van der Waals surface area contributed by atoms with Crippen molar-refractivity contribution >= 4 is 31.4 Å². The Hall–Kier alpha value is -2.46. The summed E-state index contributed by atoms with van der Waals surface area (Å²) >= 11 is 0. The molecule has 0 aliphatic carbocycles. The maximum absolute atomic E-state index is 12.7. The predicted molar refractivity (Wildman–Crippen MR) is 104 cm³/mol. The first-order chi connectivity index (χ1) is 12.5. The summed E-state index contributed by atoms with van der Waals surface area (Å²) in [6.45, 7) is 3.47. The lowest BCUT2D eigenvalue weighted by molar-refractivity contribution is 0.417. The number of phenolic OH excluding ortho intramolecular Hbond substituents is 1. The molecule has 0 atom stereocenters. The predicted octanol–water partition coefficient (Wildman–Crippen LogP) is 2.60. The van der Waals surface area contributed by atoms with Crippen LogP contribution in [0.4, 0.5) is 11.4 Å². The second-order valence-corrected chi connectivity index (χ2v) is 9.71. The first kappa shape index (κ1) is 20.8. The molecule has 27 heavy (non-hydrogen) atoms. The third kappa shape index (κ3) is 5.51. The zero-order valence-corrected chi connectivity index (χ0v) is 16.8. The molecule has 2 aromatic carbocycles. The van der Waals surface area contributed by atoms with Gasteiger partial charge in [-0.3, -0.25) is 9.44 Å². The number of anilines is 2. The maximum atomic E-state index is 12.7. The summed E-state index contributed by atoms with van der Waals surface area (Å²) in [6.07, 6.45) is 0. The van der Waals surface area contributed by atoms with E-state index in [4.69, 9.17) is 4.74 Å². The minimum atomic E-state index is -4.04. The van der Waals surface area contributed by atoms with Crippen molar-refractivity contribution in [3.05, 3.63) is 42.5 Å². The lowest BCUT2D eigenvalue weighted by Crippen LogP contribution is -2.20. The van der Waals surface area contributed by atoms with Crippen molar-refractivity contribution in [2.24, 2.45) is 5.92 Å². The van der Waals surface area contributed by atoms with E-state index in [1.807, 2.05) is 0 Å². The van der Waals surface area contributed by atoms with Crippen LogP contribution in [0.15, 0.2) is 47.4 Å². The van der Waals surface area contributed by atoms with Crippen molar-refractivity contribution in [1.82, 2.24) is 0 Å². The molecule has 0 unspecified atom stereocenters. The van der Waals surface area contributed by atoms with Crippen LogP contribution in [0.5, 0.6) is 11.5 Å². The maximum Gasteiger partial charge on any atom is 0.262 e. The number of ether oxygens (including phenoxy) is 1. The molecule has 3 N–H and O–H groups in total. The van der Waals surface area contributed by atoms with Crippen LogP contribution in [0.1, 0.15) is 13.8 Å². The van der Waals surface area contributed by atoms with Gasteiger partial charge in [0.1, 0.15) is 11.5 Å². The van der Waals surface area contributed by atoms with Crippen molar-refractivity contribution < 1.29 is 26.7 Å². The zero-order valence-electron chi connectivity index (χ0n) is 15.1. The molecule has 0 saturated carbocycles. The van der Waals surface area contributed by atoms with Crippen molar-refractivity contribution in [2.75, 3.05) is 22.3 Å². The fourth-order valence-electron chi connectivity index (χ4n) is 2.34. The van der Waals surface area contributed by atoms with Crippen LogP contribution in [-0.2, 0) is 20.0 Å². The Labute approximate surface area is 159 Å². The fraction of sp³-hybridized carbons (Fsp3) is 0.294. The normalized spacial score (nSPS) is 12.0. The molecule has 8 nitrogen and oxygen atoms in total. The van der Waals surface area contributed by atoms with E-state index in [9.17, 15) is 21.9 Å². The molecule has 0 heterocycles. The number of para-hydroxylation sites is 2. The molecule has 148 valence electrons. The summed E-state index contributed by atoms with van der Waals surface area (Å²) in [6, 6.07) is 9.81. The van der Waals surface area contributed by atoms with Gasteiger partial charge in [0.25, 0.3) is 10.0 Å². The van der Waals surface area contributed by atoms with Gasteiger partial charge in [-0.25, -0.2) is 16.8 Å². The Bertz CT molecular complexity index is 1020. The number of hydrogen-bond acceptors (Lipinski definition) is 6. The number of methoxy groups -OCH3 is 1. The molecule has 10 heteroatoms. The first-order valence-corrected chi connectivity index (χ1v) is 11.2. The number of nitrogens with one attached hydrogen (secondary N) is 2. The van der Waals surface area contributed by atoms with Crippen molar-refractivity contribution in [3.8, 4) is 11.5 Å². The summed E-state index contributed by atoms with van der Waals surface area (Å²) in [5.74, 6) is -0.344. The summed E-state index contributed by atoms with van der Waals surface area (Å²) in [5, 5.41) is 9.91. The van der Waals surface area contributed by atoms with Crippen molar-refractivity contribution in [3.63, 3.8) is 0 Å². The molecular weight excluding hydrogens is 392 g/mol. The van der Waals surface area contributed by atoms with Gasteiger partial charge in [-0.15, -0.1) is 0 Å². The number of aromatic hydroxyl groups is 1. The van der Waals surface area contributed by atoms with Gasteiger partial charge in [0.2, 0.25) is 10.0 Å². The van der Waals surface area contributed by atoms with E-state index in [0.29, 0.717) is 5.75 Å². The lowest BCUT2D eigenvalue weighted by Gasteiger charge is -2.14. The molecule has 0 bridgehead atoms. The smallest absolute Gasteiger partial charge is 0.262 e. The Balaban J connectivity index is 2.36. The zero-order chi connectivity index (χ0) is 20.2. The van der Waals surface area contributed by atoms with Crippen LogP contribution in [0.3, 0.4) is 0 Å². The lowest BCUT2D eigenvalue weighted by atomic mass is 10.3. The minimum Gasteiger partial charge on any atom is -0.506 e. The Morgan fingerprint density at radius 1 is 1.00 bits per heavy atom. The summed E-state index contributed by atoms with van der Waals surface area (Å²) in [5.41, 5.74) is 0.0218. The number of rotatable bonds is 8. The van der Waals surface area contributed by atoms with Gasteiger partial charge in [-0.05, 0) is 36.2 Å². The van der Waals surface area contributed by atoms with Crippen molar-refractivity contribution in [1.29, 1.82) is 0 Å².